The SMILES string of the molecule is O=C1CN(c2ccccc2NC(=O)c2ccccc2Cl)CCN1. The predicted octanol–water partition coefficient (Wildman–Crippen LogP) is 2.53. The van der Waals surface area contributed by atoms with E-state index >= 15 is 0 Å². The Morgan fingerprint density at radius 3 is 2.65 bits per heavy atom. The molecule has 1 aliphatic heterocycles. The van der Waals surface area contributed by atoms with Crippen molar-refractivity contribution in [3.05, 3.63) is 59.1 Å². The molecular formula is C17H16ClN3O2. The minimum absolute atomic E-state index is 0.0246. The summed E-state index contributed by atoms with van der Waals surface area (Å²) in [5.74, 6) is -0.298. The summed E-state index contributed by atoms with van der Waals surface area (Å²) in [4.78, 5) is 26.0. The van der Waals surface area contributed by atoms with Gasteiger partial charge < -0.3 is 15.5 Å². The van der Waals surface area contributed by atoms with Crippen molar-refractivity contribution >= 4 is 34.8 Å². The summed E-state index contributed by atoms with van der Waals surface area (Å²) in [5.41, 5.74) is 1.90. The van der Waals surface area contributed by atoms with Crippen LogP contribution in [-0.2, 0) is 4.79 Å². The number of hydrogen-bond donors (Lipinski definition) is 2. The summed E-state index contributed by atoms with van der Waals surface area (Å²) in [7, 11) is 0. The number of halogens is 1. The van der Waals surface area contributed by atoms with E-state index in [4.69, 9.17) is 11.6 Å². The highest BCUT2D eigenvalue weighted by atomic mass is 35.5. The van der Waals surface area contributed by atoms with Crippen molar-refractivity contribution in [2.75, 3.05) is 29.9 Å². The van der Waals surface area contributed by atoms with E-state index in [2.05, 4.69) is 10.6 Å². The van der Waals surface area contributed by atoms with Crippen LogP contribution in [0.15, 0.2) is 48.5 Å². The third-order valence-corrected chi connectivity index (χ3v) is 3.98. The highest BCUT2D eigenvalue weighted by Crippen LogP contribution is 2.27. The number of anilines is 2. The number of amides is 2. The average molecular weight is 330 g/mol. The van der Waals surface area contributed by atoms with Gasteiger partial charge in [0.2, 0.25) is 5.91 Å². The number of carbonyl (C=O) groups is 2. The first-order valence-electron chi connectivity index (χ1n) is 7.32. The number of carbonyl (C=O) groups excluding carboxylic acids is 2. The number of benzene rings is 2. The Bertz CT molecular complexity index is 748. The van der Waals surface area contributed by atoms with Crippen molar-refractivity contribution in [3.63, 3.8) is 0 Å². The Morgan fingerprint density at radius 2 is 1.87 bits per heavy atom. The van der Waals surface area contributed by atoms with E-state index in [1.165, 1.54) is 0 Å². The maximum absolute atomic E-state index is 12.4. The third-order valence-electron chi connectivity index (χ3n) is 3.65. The van der Waals surface area contributed by atoms with Crippen molar-refractivity contribution in [1.82, 2.24) is 5.32 Å². The lowest BCUT2D eigenvalue weighted by atomic mass is 10.2. The second kappa shape index (κ2) is 6.71. The molecule has 1 heterocycles. The van der Waals surface area contributed by atoms with Crippen LogP contribution in [0.5, 0.6) is 0 Å². The van der Waals surface area contributed by atoms with Crippen LogP contribution in [0, 0.1) is 0 Å². The van der Waals surface area contributed by atoms with Crippen molar-refractivity contribution in [1.29, 1.82) is 0 Å². The quantitative estimate of drug-likeness (QED) is 0.909. The number of hydrogen-bond acceptors (Lipinski definition) is 3. The Balaban J connectivity index is 1.85. The molecule has 0 radical (unpaired) electrons. The van der Waals surface area contributed by atoms with Crippen molar-refractivity contribution in [2.45, 2.75) is 0 Å². The molecular weight excluding hydrogens is 314 g/mol. The van der Waals surface area contributed by atoms with E-state index in [1.54, 1.807) is 24.3 Å². The Kier molecular flexibility index (Phi) is 4.48. The second-order valence-electron chi connectivity index (χ2n) is 5.22. The van der Waals surface area contributed by atoms with Crippen LogP contribution >= 0.6 is 11.6 Å². The van der Waals surface area contributed by atoms with Gasteiger partial charge in [-0.1, -0.05) is 35.9 Å². The van der Waals surface area contributed by atoms with E-state index in [0.29, 0.717) is 29.4 Å². The zero-order valence-corrected chi connectivity index (χ0v) is 13.1. The van der Waals surface area contributed by atoms with Crippen LogP contribution < -0.4 is 15.5 Å². The largest absolute Gasteiger partial charge is 0.359 e. The number of rotatable bonds is 3. The summed E-state index contributed by atoms with van der Waals surface area (Å²) in [6.45, 7) is 1.56. The maximum atomic E-state index is 12.4. The van der Waals surface area contributed by atoms with Gasteiger partial charge in [-0.3, -0.25) is 9.59 Å². The zero-order chi connectivity index (χ0) is 16.2. The first kappa shape index (κ1) is 15.4. The summed E-state index contributed by atoms with van der Waals surface area (Å²) < 4.78 is 0. The van der Waals surface area contributed by atoms with Gasteiger partial charge in [-0.15, -0.1) is 0 Å². The molecule has 3 rings (SSSR count). The van der Waals surface area contributed by atoms with Crippen molar-refractivity contribution in [3.8, 4) is 0 Å². The van der Waals surface area contributed by atoms with Gasteiger partial charge in [0.25, 0.3) is 5.91 Å². The molecule has 5 nitrogen and oxygen atoms in total. The average Bonchev–Trinajstić information content (AvgIpc) is 2.55. The van der Waals surface area contributed by atoms with Crippen LogP contribution in [0.2, 0.25) is 5.02 Å². The fourth-order valence-electron chi connectivity index (χ4n) is 2.53. The summed E-state index contributed by atoms with van der Waals surface area (Å²) >= 11 is 6.07. The zero-order valence-electron chi connectivity index (χ0n) is 12.4. The van der Waals surface area contributed by atoms with Crippen LogP contribution in [0.1, 0.15) is 10.4 Å². The lowest BCUT2D eigenvalue weighted by molar-refractivity contribution is -0.120. The first-order valence-corrected chi connectivity index (χ1v) is 7.69. The smallest absolute Gasteiger partial charge is 0.257 e. The molecule has 2 amide bonds. The third kappa shape index (κ3) is 3.46. The highest BCUT2D eigenvalue weighted by Gasteiger charge is 2.20. The van der Waals surface area contributed by atoms with E-state index in [9.17, 15) is 9.59 Å². The van der Waals surface area contributed by atoms with Gasteiger partial charge in [0.1, 0.15) is 0 Å². The fourth-order valence-corrected chi connectivity index (χ4v) is 2.76. The van der Waals surface area contributed by atoms with Gasteiger partial charge in [0.05, 0.1) is 28.5 Å². The molecule has 0 atom stereocenters. The molecule has 0 aromatic heterocycles. The number of para-hydroxylation sites is 2. The number of nitrogens with one attached hydrogen (secondary N) is 2. The molecule has 1 saturated heterocycles. The maximum Gasteiger partial charge on any atom is 0.257 e. The van der Waals surface area contributed by atoms with Crippen LogP contribution in [0.3, 0.4) is 0 Å². The van der Waals surface area contributed by atoms with E-state index in [1.807, 2.05) is 29.2 Å². The van der Waals surface area contributed by atoms with E-state index < -0.39 is 0 Å². The Labute approximate surface area is 139 Å². The first-order chi connectivity index (χ1) is 11.1. The molecule has 0 saturated carbocycles. The summed E-state index contributed by atoms with van der Waals surface area (Å²) in [5, 5.41) is 6.08. The topological polar surface area (TPSA) is 61.4 Å². The highest BCUT2D eigenvalue weighted by molar-refractivity contribution is 6.34. The molecule has 2 N–H and O–H groups in total. The van der Waals surface area contributed by atoms with Crippen molar-refractivity contribution < 1.29 is 9.59 Å². The molecule has 0 spiro atoms. The minimum Gasteiger partial charge on any atom is -0.359 e. The molecule has 118 valence electrons. The molecule has 6 heteroatoms. The van der Waals surface area contributed by atoms with Gasteiger partial charge in [0.15, 0.2) is 0 Å². The van der Waals surface area contributed by atoms with Crippen LogP contribution in [0.25, 0.3) is 0 Å². The summed E-state index contributed by atoms with van der Waals surface area (Å²) in [6.07, 6.45) is 0. The lowest BCUT2D eigenvalue weighted by Gasteiger charge is -2.30. The van der Waals surface area contributed by atoms with Crippen molar-refractivity contribution in [2.24, 2.45) is 0 Å². The number of nitrogens with zero attached hydrogens (tertiary/aromatic N) is 1. The molecule has 0 bridgehead atoms. The molecule has 0 unspecified atom stereocenters. The monoisotopic (exact) mass is 329 g/mol. The molecule has 1 aliphatic rings. The molecule has 2 aromatic carbocycles. The van der Waals surface area contributed by atoms with Gasteiger partial charge in [-0.05, 0) is 24.3 Å². The van der Waals surface area contributed by atoms with Crippen LogP contribution in [-0.4, -0.2) is 31.4 Å². The Hall–Kier alpha value is -2.53. The minimum atomic E-state index is -0.274. The predicted molar refractivity (Wildman–Crippen MR) is 91.1 cm³/mol. The van der Waals surface area contributed by atoms with E-state index in [-0.39, 0.29) is 18.4 Å². The standard InChI is InChI=1S/C17H16ClN3O2/c18-13-6-2-1-5-12(13)17(23)20-14-7-3-4-8-15(14)21-10-9-19-16(22)11-21/h1-8H,9-11H2,(H,19,22)(H,20,23). The number of piperazine rings is 1. The molecule has 2 aromatic rings. The van der Waals surface area contributed by atoms with Gasteiger partial charge >= 0.3 is 0 Å². The molecule has 1 fully saturated rings. The normalized spacial score (nSPS) is 14.3. The lowest BCUT2D eigenvalue weighted by Crippen LogP contribution is -2.47. The fraction of sp³-hybridized carbons (Fsp3) is 0.176. The molecule has 0 aliphatic carbocycles. The molecule has 23 heavy (non-hydrogen) atoms. The van der Waals surface area contributed by atoms with Gasteiger partial charge in [-0.2, -0.15) is 0 Å². The van der Waals surface area contributed by atoms with Gasteiger partial charge in [-0.25, -0.2) is 0 Å². The second-order valence-corrected chi connectivity index (χ2v) is 5.63. The Morgan fingerprint density at radius 1 is 1.13 bits per heavy atom. The van der Waals surface area contributed by atoms with E-state index in [0.717, 1.165) is 5.69 Å². The van der Waals surface area contributed by atoms with Crippen LogP contribution in [0.4, 0.5) is 11.4 Å². The van der Waals surface area contributed by atoms with Gasteiger partial charge in [0, 0.05) is 13.1 Å². The summed E-state index contributed by atoms with van der Waals surface area (Å²) in [6, 6.07) is 14.3.